The van der Waals surface area contributed by atoms with Gasteiger partial charge in [-0.2, -0.15) is 0 Å². The predicted molar refractivity (Wildman–Crippen MR) is 54.7 cm³/mol. The van der Waals surface area contributed by atoms with Gasteiger partial charge in [-0.1, -0.05) is 0 Å². The second-order valence-corrected chi connectivity index (χ2v) is 3.95. The number of hydrogen-bond acceptors (Lipinski definition) is 4. The van der Waals surface area contributed by atoms with Crippen LogP contribution in [-0.4, -0.2) is 19.6 Å². The van der Waals surface area contributed by atoms with E-state index in [-0.39, 0.29) is 5.97 Å². The van der Waals surface area contributed by atoms with Gasteiger partial charge in [0.05, 0.1) is 7.11 Å². The van der Waals surface area contributed by atoms with E-state index in [4.69, 9.17) is 10.2 Å². The summed E-state index contributed by atoms with van der Waals surface area (Å²) in [5.74, 6) is 2.06. The predicted octanol–water partition coefficient (Wildman–Crippen LogP) is 1.44. The summed E-state index contributed by atoms with van der Waals surface area (Å²) in [4.78, 5) is 11.3. The molecule has 4 nitrogen and oxygen atoms in total. The van der Waals surface area contributed by atoms with Crippen LogP contribution in [-0.2, 0) is 4.74 Å². The molecule has 2 unspecified atom stereocenters. The van der Waals surface area contributed by atoms with Crippen molar-refractivity contribution in [3.63, 3.8) is 0 Å². The molecule has 1 fully saturated rings. The van der Waals surface area contributed by atoms with Gasteiger partial charge in [0.25, 0.3) is 0 Å². The summed E-state index contributed by atoms with van der Waals surface area (Å²) < 4.78 is 10.2. The summed E-state index contributed by atoms with van der Waals surface area (Å²) in [5, 5.41) is 0. The molecule has 0 radical (unpaired) electrons. The maximum Gasteiger partial charge on any atom is 0.341 e. The third-order valence-corrected chi connectivity index (χ3v) is 2.93. The molecule has 1 heterocycles. The molecule has 1 aromatic rings. The zero-order chi connectivity index (χ0) is 11.0. The van der Waals surface area contributed by atoms with Gasteiger partial charge < -0.3 is 14.9 Å². The van der Waals surface area contributed by atoms with Gasteiger partial charge in [-0.05, 0) is 31.9 Å². The zero-order valence-corrected chi connectivity index (χ0v) is 8.95. The number of carbonyl (C=O) groups is 1. The number of furan rings is 1. The molecule has 0 amide bonds. The van der Waals surface area contributed by atoms with E-state index in [1.54, 1.807) is 13.0 Å². The van der Waals surface area contributed by atoms with Crippen molar-refractivity contribution in [3.8, 4) is 0 Å². The van der Waals surface area contributed by atoms with Crippen molar-refractivity contribution in [1.29, 1.82) is 0 Å². The molecule has 2 rings (SSSR count). The van der Waals surface area contributed by atoms with Gasteiger partial charge in [-0.15, -0.1) is 0 Å². The van der Waals surface area contributed by atoms with Crippen molar-refractivity contribution in [2.45, 2.75) is 19.3 Å². The first kappa shape index (κ1) is 10.2. The van der Waals surface area contributed by atoms with E-state index in [1.165, 1.54) is 7.11 Å². The van der Waals surface area contributed by atoms with Crippen molar-refractivity contribution < 1.29 is 13.9 Å². The van der Waals surface area contributed by atoms with Gasteiger partial charge in [0.2, 0.25) is 0 Å². The van der Waals surface area contributed by atoms with Crippen molar-refractivity contribution in [1.82, 2.24) is 0 Å². The minimum absolute atomic E-state index is 0.340. The highest BCUT2D eigenvalue weighted by molar-refractivity contribution is 5.90. The Kier molecular flexibility index (Phi) is 2.52. The molecular formula is C11H15NO3. The Morgan fingerprint density at radius 1 is 1.73 bits per heavy atom. The molecule has 1 aliphatic rings. The second kappa shape index (κ2) is 3.70. The SMILES string of the molecule is COC(=O)c1cc(C2CC2CN)oc1C. The molecule has 1 aromatic heterocycles. The van der Waals surface area contributed by atoms with E-state index in [2.05, 4.69) is 4.74 Å². The highest BCUT2D eigenvalue weighted by Gasteiger charge is 2.40. The zero-order valence-electron chi connectivity index (χ0n) is 8.95. The lowest BCUT2D eigenvalue weighted by atomic mass is 10.2. The lowest BCUT2D eigenvalue weighted by Crippen LogP contribution is -2.02. The summed E-state index contributed by atoms with van der Waals surface area (Å²) in [6.45, 7) is 2.45. The molecule has 2 N–H and O–H groups in total. The smallest absolute Gasteiger partial charge is 0.341 e. The Bertz CT molecular complexity index is 383. The van der Waals surface area contributed by atoms with Crippen molar-refractivity contribution >= 4 is 5.97 Å². The lowest BCUT2D eigenvalue weighted by molar-refractivity contribution is 0.0599. The quantitative estimate of drug-likeness (QED) is 0.765. The van der Waals surface area contributed by atoms with Gasteiger partial charge in [0.15, 0.2) is 0 Å². The van der Waals surface area contributed by atoms with Crippen LogP contribution < -0.4 is 5.73 Å². The number of methoxy groups -OCH3 is 1. The fourth-order valence-corrected chi connectivity index (χ4v) is 1.86. The first-order valence-corrected chi connectivity index (χ1v) is 5.06. The number of hydrogen-bond donors (Lipinski definition) is 1. The van der Waals surface area contributed by atoms with Crippen LogP contribution in [0.3, 0.4) is 0 Å². The summed E-state index contributed by atoms with van der Waals surface area (Å²) in [6, 6.07) is 1.78. The van der Waals surface area contributed by atoms with Gasteiger partial charge >= 0.3 is 5.97 Å². The highest BCUT2D eigenvalue weighted by Crippen LogP contribution is 2.47. The average Bonchev–Trinajstić information content (AvgIpc) is 2.94. The fourth-order valence-electron chi connectivity index (χ4n) is 1.86. The Morgan fingerprint density at radius 2 is 2.47 bits per heavy atom. The van der Waals surface area contributed by atoms with Crippen LogP contribution >= 0.6 is 0 Å². The van der Waals surface area contributed by atoms with Crippen molar-refractivity contribution in [2.24, 2.45) is 11.7 Å². The Morgan fingerprint density at radius 3 is 3.00 bits per heavy atom. The number of carbonyl (C=O) groups excluding carboxylic acids is 1. The first-order chi connectivity index (χ1) is 7.17. The number of ether oxygens (including phenoxy) is 1. The maximum absolute atomic E-state index is 11.3. The molecule has 82 valence electrons. The van der Waals surface area contributed by atoms with Crippen LogP contribution in [0.25, 0.3) is 0 Å². The molecule has 0 bridgehead atoms. The normalized spacial score (nSPS) is 23.9. The summed E-state index contributed by atoms with van der Waals surface area (Å²) in [7, 11) is 1.37. The summed E-state index contributed by atoms with van der Waals surface area (Å²) in [5.41, 5.74) is 6.08. The van der Waals surface area contributed by atoms with Crippen LogP contribution in [0.2, 0.25) is 0 Å². The molecular weight excluding hydrogens is 194 g/mol. The molecule has 0 aromatic carbocycles. The van der Waals surface area contributed by atoms with Gasteiger partial charge in [0.1, 0.15) is 17.1 Å². The van der Waals surface area contributed by atoms with Crippen LogP contribution in [0.1, 0.15) is 34.2 Å². The molecule has 0 spiro atoms. The van der Waals surface area contributed by atoms with Crippen molar-refractivity contribution in [3.05, 3.63) is 23.2 Å². The topological polar surface area (TPSA) is 65.5 Å². The van der Waals surface area contributed by atoms with Crippen LogP contribution in [0.5, 0.6) is 0 Å². The number of rotatable bonds is 3. The Balaban J connectivity index is 2.19. The van der Waals surface area contributed by atoms with Crippen LogP contribution in [0, 0.1) is 12.8 Å². The van der Waals surface area contributed by atoms with E-state index < -0.39 is 0 Å². The third-order valence-electron chi connectivity index (χ3n) is 2.93. The first-order valence-electron chi connectivity index (χ1n) is 5.06. The standard InChI is InChI=1S/C11H15NO3/c1-6-8(11(13)14-2)4-10(15-6)9-3-7(9)5-12/h4,7,9H,3,5,12H2,1-2H3. The molecule has 0 saturated heterocycles. The number of aryl methyl sites for hydroxylation is 1. The molecule has 1 aliphatic carbocycles. The van der Waals surface area contributed by atoms with E-state index in [1.807, 2.05) is 0 Å². The molecule has 15 heavy (non-hydrogen) atoms. The Hall–Kier alpha value is -1.29. The maximum atomic E-state index is 11.3. The van der Waals surface area contributed by atoms with E-state index in [9.17, 15) is 4.79 Å². The van der Waals surface area contributed by atoms with E-state index in [0.717, 1.165) is 12.2 Å². The number of esters is 1. The lowest BCUT2D eigenvalue weighted by Gasteiger charge is -1.93. The molecule has 4 heteroatoms. The summed E-state index contributed by atoms with van der Waals surface area (Å²) in [6.07, 6.45) is 1.06. The molecule has 2 atom stereocenters. The van der Waals surface area contributed by atoms with Gasteiger partial charge in [-0.3, -0.25) is 0 Å². The molecule has 0 aliphatic heterocycles. The number of nitrogens with two attached hydrogens (primary N) is 1. The van der Waals surface area contributed by atoms with Crippen LogP contribution in [0.15, 0.2) is 10.5 Å². The summed E-state index contributed by atoms with van der Waals surface area (Å²) >= 11 is 0. The second-order valence-electron chi connectivity index (χ2n) is 3.95. The molecule has 1 saturated carbocycles. The van der Waals surface area contributed by atoms with E-state index >= 15 is 0 Å². The third kappa shape index (κ3) is 1.77. The minimum Gasteiger partial charge on any atom is -0.465 e. The average molecular weight is 209 g/mol. The minimum atomic E-state index is -0.340. The Labute approximate surface area is 88.4 Å². The monoisotopic (exact) mass is 209 g/mol. The van der Waals surface area contributed by atoms with Gasteiger partial charge in [0, 0.05) is 5.92 Å². The fraction of sp³-hybridized carbons (Fsp3) is 0.545. The largest absolute Gasteiger partial charge is 0.465 e. The highest BCUT2D eigenvalue weighted by atomic mass is 16.5. The van der Waals surface area contributed by atoms with E-state index in [0.29, 0.717) is 29.7 Å². The van der Waals surface area contributed by atoms with Crippen molar-refractivity contribution in [2.75, 3.05) is 13.7 Å². The van der Waals surface area contributed by atoms with Crippen LogP contribution in [0.4, 0.5) is 0 Å². The van der Waals surface area contributed by atoms with Gasteiger partial charge in [-0.25, -0.2) is 4.79 Å².